The SMILES string of the molecule is CC1=CC(C(C)(C)C)=CC2C[C@H]3C=C(C(C)(C)C)C=CC3C12. The fourth-order valence-corrected chi connectivity index (χ4v) is 4.51. The second kappa shape index (κ2) is 4.98. The molecule has 3 rings (SSSR count). The quantitative estimate of drug-likeness (QED) is 0.490. The van der Waals surface area contributed by atoms with Crippen molar-refractivity contribution < 1.29 is 0 Å². The van der Waals surface area contributed by atoms with Gasteiger partial charge in [0, 0.05) is 0 Å². The maximum absolute atomic E-state index is 2.59. The third-order valence-corrected chi connectivity index (χ3v) is 5.84. The van der Waals surface area contributed by atoms with Crippen molar-refractivity contribution in [2.45, 2.75) is 54.9 Å². The van der Waals surface area contributed by atoms with Crippen LogP contribution in [-0.4, -0.2) is 0 Å². The van der Waals surface area contributed by atoms with Gasteiger partial charge in [0.25, 0.3) is 0 Å². The molecule has 0 nitrogen and oxygen atoms in total. The molecule has 0 aromatic rings. The third kappa shape index (κ3) is 2.66. The first kappa shape index (κ1) is 15.8. The van der Waals surface area contributed by atoms with Gasteiger partial charge in [0.15, 0.2) is 0 Å². The van der Waals surface area contributed by atoms with E-state index in [1.54, 1.807) is 5.57 Å². The summed E-state index contributed by atoms with van der Waals surface area (Å²) in [4.78, 5) is 0. The van der Waals surface area contributed by atoms with Crippen LogP contribution in [0.1, 0.15) is 54.9 Å². The Hall–Kier alpha value is -1.04. The van der Waals surface area contributed by atoms with Crippen LogP contribution in [0.2, 0.25) is 0 Å². The summed E-state index contributed by atoms with van der Waals surface area (Å²) in [6, 6.07) is 0. The zero-order chi connectivity index (χ0) is 16.3. The summed E-state index contributed by atoms with van der Waals surface area (Å²) >= 11 is 0. The van der Waals surface area contributed by atoms with E-state index in [9.17, 15) is 0 Å². The van der Waals surface area contributed by atoms with Crippen molar-refractivity contribution in [3.05, 3.63) is 47.1 Å². The molecule has 0 aliphatic heterocycles. The highest BCUT2D eigenvalue weighted by Crippen LogP contribution is 2.53. The Labute approximate surface area is 137 Å². The van der Waals surface area contributed by atoms with E-state index in [1.165, 1.54) is 17.6 Å². The second-order valence-electron chi connectivity index (χ2n) is 9.66. The van der Waals surface area contributed by atoms with Crippen LogP contribution in [0, 0.1) is 34.5 Å². The summed E-state index contributed by atoms with van der Waals surface area (Å²) in [5.74, 6) is 2.90. The largest absolute Gasteiger partial charge is 0.0799 e. The molecule has 3 aliphatic carbocycles. The summed E-state index contributed by atoms with van der Waals surface area (Å²) < 4.78 is 0. The average molecular weight is 296 g/mol. The van der Waals surface area contributed by atoms with Gasteiger partial charge < -0.3 is 0 Å². The van der Waals surface area contributed by atoms with E-state index in [2.05, 4.69) is 78.8 Å². The summed E-state index contributed by atoms with van der Waals surface area (Å²) in [5.41, 5.74) is 5.19. The molecule has 0 aromatic heterocycles. The molecular weight excluding hydrogens is 264 g/mol. The molecule has 0 amide bonds. The Morgan fingerprint density at radius 1 is 0.864 bits per heavy atom. The van der Waals surface area contributed by atoms with Gasteiger partial charge >= 0.3 is 0 Å². The lowest BCUT2D eigenvalue weighted by molar-refractivity contribution is 0.414. The molecule has 0 saturated heterocycles. The number of allylic oxidation sites excluding steroid dienone is 8. The van der Waals surface area contributed by atoms with Gasteiger partial charge in [-0.1, -0.05) is 77.5 Å². The summed E-state index contributed by atoms with van der Waals surface area (Å²) in [5, 5.41) is 0. The number of hydrogen-bond acceptors (Lipinski definition) is 0. The normalized spacial score (nSPS) is 34.6. The molecule has 4 atom stereocenters. The van der Waals surface area contributed by atoms with Gasteiger partial charge in [-0.2, -0.15) is 0 Å². The van der Waals surface area contributed by atoms with E-state index in [0.29, 0.717) is 5.92 Å². The Morgan fingerprint density at radius 2 is 1.45 bits per heavy atom. The van der Waals surface area contributed by atoms with Crippen LogP contribution in [0.15, 0.2) is 47.1 Å². The first-order valence-electron chi connectivity index (χ1n) is 8.88. The highest BCUT2D eigenvalue weighted by atomic mass is 14.5. The molecule has 0 heteroatoms. The fraction of sp³-hybridized carbons (Fsp3) is 0.636. The molecule has 1 fully saturated rings. The first-order chi connectivity index (χ1) is 10.1. The molecule has 0 heterocycles. The summed E-state index contributed by atoms with van der Waals surface area (Å²) in [7, 11) is 0. The van der Waals surface area contributed by atoms with Gasteiger partial charge in [0.05, 0.1) is 0 Å². The fourth-order valence-electron chi connectivity index (χ4n) is 4.51. The van der Waals surface area contributed by atoms with Crippen molar-refractivity contribution in [1.82, 2.24) is 0 Å². The monoisotopic (exact) mass is 296 g/mol. The topological polar surface area (TPSA) is 0 Å². The Balaban J connectivity index is 1.92. The molecule has 0 bridgehead atoms. The van der Waals surface area contributed by atoms with Crippen LogP contribution in [0.4, 0.5) is 0 Å². The van der Waals surface area contributed by atoms with Crippen LogP contribution in [0.3, 0.4) is 0 Å². The van der Waals surface area contributed by atoms with Crippen LogP contribution in [-0.2, 0) is 0 Å². The van der Waals surface area contributed by atoms with Crippen molar-refractivity contribution in [1.29, 1.82) is 0 Å². The van der Waals surface area contributed by atoms with Crippen LogP contribution < -0.4 is 0 Å². The zero-order valence-electron chi connectivity index (χ0n) is 15.4. The maximum atomic E-state index is 2.59. The van der Waals surface area contributed by atoms with Crippen molar-refractivity contribution >= 4 is 0 Å². The minimum atomic E-state index is 0.266. The molecule has 120 valence electrons. The Bertz CT molecular complexity index is 581. The molecule has 3 aliphatic rings. The van der Waals surface area contributed by atoms with Gasteiger partial charge in [-0.25, -0.2) is 0 Å². The standard InChI is InChI=1S/C22H32/c1-14-10-18(22(5,6)7)13-16-11-15-12-17(21(2,3)4)8-9-19(15)20(14)16/h8-10,12-13,15-16,19-20H,11H2,1-7H3/t15-,16?,19?,20?/m0/s1. The molecule has 3 unspecified atom stereocenters. The molecule has 22 heavy (non-hydrogen) atoms. The predicted octanol–water partition coefficient (Wildman–Crippen LogP) is 6.33. The lowest BCUT2D eigenvalue weighted by atomic mass is 9.71. The van der Waals surface area contributed by atoms with E-state index in [1.807, 2.05) is 0 Å². The van der Waals surface area contributed by atoms with E-state index >= 15 is 0 Å². The Kier molecular flexibility index (Phi) is 3.59. The number of fused-ring (bicyclic) bond motifs is 3. The van der Waals surface area contributed by atoms with E-state index in [0.717, 1.165) is 17.8 Å². The molecule has 0 N–H and O–H groups in total. The van der Waals surface area contributed by atoms with Crippen molar-refractivity contribution in [2.24, 2.45) is 34.5 Å². The molecule has 0 spiro atoms. The van der Waals surface area contributed by atoms with Crippen molar-refractivity contribution in [3.63, 3.8) is 0 Å². The highest BCUT2D eigenvalue weighted by Gasteiger charge is 2.44. The zero-order valence-corrected chi connectivity index (χ0v) is 15.4. The van der Waals surface area contributed by atoms with Crippen molar-refractivity contribution in [3.8, 4) is 0 Å². The van der Waals surface area contributed by atoms with Crippen LogP contribution >= 0.6 is 0 Å². The van der Waals surface area contributed by atoms with Gasteiger partial charge in [-0.05, 0) is 59.0 Å². The average Bonchev–Trinajstić information content (AvgIpc) is 2.74. The molecular formula is C22H32. The van der Waals surface area contributed by atoms with E-state index < -0.39 is 0 Å². The first-order valence-corrected chi connectivity index (χ1v) is 8.88. The minimum Gasteiger partial charge on any atom is -0.0799 e. The van der Waals surface area contributed by atoms with Crippen molar-refractivity contribution in [2.75, 3.05) is 0 Å². The molecule has 0 radical (unpaired) electrons. The number of hydrogen-bond donors (Lipinski definition) is 0. The smallest absolute Gasteiger partial charge is 0.00707 e. The number of rotatable bonds is 0. The minimum absolute atomic E-state index is 0.266. The summed E-state index contributed by atoms with van der Waals surface area (Å²) in [6.07, 6.45) is 13.9. The molecule has 1 saturated carbocycles. The van der Waals surface area contributed by atoms with Gasteiger partial charge in [-0.3, -0.25) is 0 Å². The van der Waals surface area contributed by atoms with Gasteiger partial charge in [-0.15, -0.1) is 0 Å². The second-order valence-corrected chi connectivity index (χ2v) is 9.66. The van der Waals surface area contributed by atoms with Gasteiger partial charge in [0.2, 0.25) is 0 Å². The predicted molar refractivity (Wildman–Crippen MR) is 96.6 cm³/mol. The third-order valence-electron chi connectivity index (χ3n) is 5.84. The lowest BCUT2D eigenvalue weighted by Gasteiger charge is -2.33. The van der Waals surface area contributed by atoms with Gasteiger partial charge in [0.1, 0.15) is 0 Å². The van der Waals surface area contributed by atoms with Crippen LogP contribution in [0.25, 0.3) is 0 Å². The summed E-state index contributed by atoms with van der Waals surface area (Å²) in [6.45, 7) is 16.3. The highest BCUT2D eigenvalue weighted by molar-refractivity contribution is 5.40. The van der Waals surface area contributed by atoms with Crippen LogP contribution in [0.5, 0.6) is 0 Å². The van der Waals surface area contributed by atoms with E-state index in [4.69, 9.17) is 0 Å². The molecule has 0 aromatic carbocycles. The maximum Gasteiger partial charge on any atom is -0.00707 e. The Morgan fingerprint density at radius 3 is 2.05 bits per heavy atom. The van der Waals surface area contributed by atoms with E-state index in [-0.39, 0.29) is 10.8 Å². The lowest BCUT2D eigenvalue weighted by Crippen LogP contribution is -2.23.